The van der Waals surface area contributed by atoms with E-state index in [9.17, 15) is 0 Å². The Hall–Kier alpha value is 22.0. The molecular formula is W32. The molecule has 32 heteroatoms. The summed E-state index contributed by atoms with van der Waals surface area (Å²) in [5.74, 6) is 0. The van der Waals surface area contributed by atoms with Gasteiger partial charge >= 0.3 is 0 Å². The van der Waals surface area contributed by atoms with Crippen LogP contribution in [0.4, 0.5) is 0 Å². The summed E-state index contributed by atoms with van der Waals surface area (Å²) in [4.78, 5) is 0. The summed E-state index contributed by atoms with van der Waals surface area (Å²) >= 11 is 0. The molecule has 0 radical (unpaired) electrons. The van der Waals surface area contributed by atoms with Crippen molar-refractivity contribution in [1.29, 1.82) is 0 Å². The Balaban J connectivity index is 0. The van der Waals surface area contributed by atoms with Crippen LogP contribution in [-0.2, 0) is 674 Å². The van der Waals surface area contributed by atoms with Crippen LogP contribution in [0, 0.1) is 0 Å². The number of hydrogen-bond acceptors (Lipinski definition) is 0. The van der Waals surface area contributed by atoms with E-state index in [1.54, 1.807) is 0 Å². The Bertz CT molecular complexity index is 0. The molecule has 0 atom stereocenters. The minimum Gasteiger partial charge on any atom is 0 e. The molecule has 0 aromatic heterocycles. The minimum atomic E-state index is 0. The van der Waals surface area contributed by atoms with Crippen molar-refractivity contribution in [2.45, 2.75) is 0 Å². The normalized spacial score (nSPS) is 0. The monoisotopic (exact) mass is 5890 g/mol. The molecule has 0 aliphatic heterocycles. The van der Waals surface area contributed by atoms with Gasteiger partial charge in [0.2, 0.25) is 0 Å². The van der Waals surface area contributed by atoms with Crippen LogP contribution in [0.5, 0.6) is 0 Å². The zero-order chi connectivity index (χ0) is 0. The Kier molecular flexibility index (Phi) is 2890. The van der Waals surface area contributed by atoms with Gasteiger partial charge in [0.25, 0.3) is 0 Å². The van der Waals surface area contributed by atoms with Crippen molar-refractivity contribution in [2.24, 2.45) is 0 Å². The number of hydrogen-bond donors (Lipinski definition) is 0. The van der Waals surface area contributed by atoms with Crippen molar-refractivity contribution in [3.05, 3.63) is 0 Å². The molecule has 0 saturated heterocycles. The minimum absolute atomic E-state index is 0. The van der Waals surface area contributed by atoms with Crippen LogP contribution in [0.2, 0.25) is 0 Å². The van der Waals surface area contributed by atoms with Gasteiger partial charge in [0.15, 0.2) is 0 Å². The fraction of sp³-hybridized carbons (Fsp3) is 0. The van der Waals surface area contributed by atoms with Crippen molar-refractivity contribution >= 4 is 0 Å². The van der Waals surface area contributed by atoms with Crippen molar-refractivity contribution in [1.82, 2.24) is 0 Å². The summed E-state index contributed by atoms with van der Waals surface area (Å²) in [5.41, 5.74) is 0. The van der Waals surface area contributed by atoms with Gasteiger partial charge in [0.1, 0.15) is 0 Å². The SMILES string of the molecule is [W].[W].[W].[W].[W].[W].[W].[W].[W].[W].[W].[W].[W].[W].[W].[W].[W].[W].[W].[W].[W].[W].[W].[W].[W].[W].[W].[W].[W].[W].[W].[W]. The molecule has 0 aliphatic rings. The molecule has 0 aromatic carbocycles. The van der Waals surface area contributed by atoms with E-state index in [4.69, 9.17) is 0 Å². The molecule has 0 bridgehead atoms. The van der Waals surface area contributed by atoms with E-state index in [0.29, 0.717) is 0 Å². The van der Waals surface area contributed by atoms with Crippen molar-refractivity contribution in [3.8, 4) is 0 Å². The second kappa shape index (κ2) is 296. The van der Waals surface area contributed by atoms with Crippen molar-refractivity contribution < 1.29 is 674 Å². The van der Waals surface area contributed by atoms with Crippen LogP contribution >= 0.6 is 0 Å². The summed E-state index contributed by atoms with van der Waals surface area (Å²) in [5, 5.41) is 0. The molecule has 0 N–H and O–H groups in total. The standard InChI is InChI=1S/32W. The molecule has 0 fully saturated rings. The third-order valence-corrected chi connectivity index (χ3v) is 0. The van der Waals surface area contributed by atoms with Gasteiger partial charge in [-0.25, -0.2) is 0 Å². The van der Waals surface area contributed by atoms with Gasteiger partial charge in [0, 0.05) is 674 Å². The van der Waals surface area contributed by atoms with E-state index >= 15 is 0 Å². The average Bonchev–Trinajstić information content (AvgIpc) is 0. The zero-order valence-corrected chi connectivity index (χ0v) is 107. The maximum absolute atomic E-state index is 0. The molecule has 0 rings (SSSR count). The molecule has 0 aromatic rings. The van der Waals surface area contributed by atoms with E-state index in [-0.39, 0.29) is 674 Å². The molecule has 0 saturated carbocycles. The Labute approximate surface area is 654 Å². The van der Waals surface area contributed by atoms with E-state index in [0.717, 1.165) is 0 Å². The maximum atomic E-state index is 0. The Morgan fingerprint density at radius 1 is 0.0312 bits per heavy atom. The summed E-state index contributed by atoms with van der Waals surface area (Å²) in [6.45, 7) is 0. The molecule has 0 nitrogen and oxygen atoms in total. The van der Waals surface area contributed by atoms with E-state index in [1.165, 1.54) is 0 Å². The summed E-state index contributed by atoms with van der Waals surface area (Å²) < 4.78 is 0. The van der Waals surface area contributed by atoms with E-state index in [2.05, 4.69) is 0 Å². The average molecular weight is 5880 g/mol. The molecule has 0 heterocycles. The summed E-state index contributed by atoms with van der Waals surface area (Å²) in [6.07, 6.45) is 0. The molecular weight excluding hydrogens is 5880 g/mol. The van der Waals surface area contributed by atoms with Gasteiger partial charge < -0.3 is 0 Å². The van der Waals surface area contributed by atoms with Crippen LogP contribution in [0.15, 0.2) is 0 Å². The van der Waals surface area contributed by atoms with Gasteiger partial charge in [-0.1, -0.05) is 0 Å². The van der Waals surface area contributed by atoms with Crippen LogP contribution in [0.1, 0.15) is 0 Å². The predicted molar refractivity (Wildman–Crippen MR) is 0 cm³/mol. The summed E-state index contributed by atoms with van der Waals surface area (Å²) in [6, 6.07) is 0. The first-order chi connectivity index (χ1) is 0. The molecule has 0 unspecified atom stereocenters. The first-order valence-electron chi connectivity index (χ1n) is 0. The van der Waals surface area contributed by atoms with Crippen LogP contribution < -0.4 is 0 Å². The fourth-order valence-corrected chi connectivity index (χ4v) is 0. The maximum Gasteiger partial charge on any atom is 0 e. The molecule has 192 valence electrons. The largest absolute Gasteiger partial charge is 0 e. The quantitative estimate of drug-likeness (QED) is 0.319. The fourth-order valence-electron chi connectivity index (χ4n) is 0. The number of rotatable bonds is 0. The third-order valence-electron chi connectivity index (χ3n) is 0. The van der Waals surface area contributed by atoms with E-state index in [1.807, 2.05) is 0 Å². The van der Waals surface area contributed by atoms with Crippen molar-refractivity contribution in [2.75, 3.05) is 0 Å². The smallest absolute Gasteiger partial charge is 0 e. The van der Waals surface area contributed by atoms with Gasteiger partial charge in [0.05, 0.1) is 0 Å². The molecule has 0 aliphatic carbocycles. The topological polar surface area (TPSA) is 0 Å². The van der Waals surface area contributed by atoms with Crippen LogP contribution in [0.25, 0.3) is 0 Å². The van der Waals surface area contributed by atoms with Gasteiger partial charge in [-0.3, -0.25) is 0 Å². The summed E-state index contributed by atoms with van der Waals surface area (Å²) in [7, 11) is 0. The first kappa shape index (κ1) is 313. The first-order valence-corrected chi connectivity index (χ1v) is 0. The zero-order valence-electron chi connectivity index (χ0n) is 13.1. The second-order valence-corrected chi connectivity index (χ2v) is 0. The van der Waals surface area contributed by atoms with Gasteiger partial charge in [-0.05, 0) is 0 Å². The molecule has 32 heavy (non-hydrogen) atoms. The van der Waals surface area contributed by atoms with E-state index < -0.39 is 0 Å². The van der Waals surface area contributed by atoms with Gasteiger partial charge in [-0.15, -0.1) is 0 Å². The van der Waals surface area contributed by atoms with Crippen molar-refractivity contribution in [3.63, 3.8) is 0 Å². The van der Waals surface area contributed by atoms with Crippen LogP contribution in [0.3, 0.4) is 0 Å². The second-order valence-electron chi connectivity index (χ2n) is 0. The molecule has 0 amide bonds. The van der Waals surface area contributed by atoms with Crippen LogP contribution in [-0.4, -0.2) is 0 Å². The Morgan fingerprint density at radius 3 is 0.0312 bits per heavy atom. The predicted octanol–water partition coefficient (Wildman–Crippen LogP) is -0.0800. The third kappa shape index (κ3) is 279. The Morgan fingerprint density at radius 2 is 0.0312 bits per heavy atom. The van der Waals surface area contributed by atoms with Gasteiger partial charge in [-0.2, -0.15) is 0 Å². The molecule has 0 spiro atoms.